The Kier molecular flexibility index (Phi) is 3.44. The van der Waals surface area contributed by atoms with E-state index in [-0.39, 0.29) is 10.9 Å². The number of benzene rings is 1. The summed E-state index contributed by atoms with van der Waals surface area (Å²) in [5.74, 6) is 0. The minimum Gasteiger partial charge on any atom is -0.398 e. The van der Waals surface area contributed by atoms with Crippen molar-refractivity contribution in [1.29, 1.82) is 0 Å². The lowest BCUT2D eigenvalue weighted by Crippen LogP contribution is -2.46. The monoisotopic (exact) mass is 320 g/mol. The molecule has 5 nitrogen and oxygen atoms in total. The summed E-state index contributed by atoms with van der Waals surface area (Å²) in [6.07, 6.45) is 0.536. The van der Waals surface area contributed by atoms with Crippen LogP contribution in [-0.2, 0) is 10.0 Å². The second-order valence-electron chi connectivity index (χ2n) is 4.13. The fourth-order valence-electron chi connectivity index (χ4n) is 1.66. The van der Waals surface area contributed by atoms with E-state index < -0.39 is 16.1 Å². The van der Waals surface area contributed by atoms with Crippen LogP contribution in [0, 0.1) is 0 Å². The number of rotatable bonds is 3. The van der Waals surface area contributed by atoms with Crippen LogP contribution in [0.1, 0.15) is 12.8 Å². The van der Waals surface area contributed by atoms with Gasteiger partial charge in [0, 0.05) is 16.2 Å². The number of nitrogens with two attached hydrogens (primary N) is 1. The van der Waals surface area contributed by atoms with Crippen LogP contribution in [0.3, 0.4) is 0 Å². The largest absolute Gasteiger partial charge is 0.398 e. The van der Waals surface area contributed by atoms with Crippen LogP contribution >= 0.6 is 15.9 Å². The lowest BCUT2D eigenvalue weighted by Gasteiger charge is -2.31. The van der Waals surface area contributed by atoms with Gasteiger partial charge in [0.05, 0.1) is 11.0 Å². The van der Waals surface area contributed by atoms with E-state index in [4.69, 9.17) is 10.8 Å². The Hall–Kier alpha value is -0.630. The predicted molar refractivity (Wildman–Crippen MR) is 67.9 cm³/mol. The fraction of sp³-hybridized carbons (Fsp3) is 0.400. The number of sulfonamides is 1. The molecule has 0 aromatic heterocycles. The molecule has 0 atom stereocenters. The number of nitrogen functional groups attached to an aromatic ring is 1. The van der Waals surface area contributed by atoms with Crippen molar-refractivity contribution in [2.75, 3.05) is 5.73 Å². The van der Waals surface area contributed by atoms with Crippen molar-refractivity contribution >= 4 is 31.6 Å². The van der Waals surface area contributed by atoms with Crippen molar-refractivity contribution in [2.45, 2.75) is 29.9 Å². The molecule has 1 aromatic rings. The maximum Gasteiger partial charge on any atom is 0.240 e. The van der Waals surface area contributed by atoms with Crippen LogP contribution in [0.25, 0.3) is 0 Å². The molecule has 1 aliphatic rings. The first-order valence-electron chi connectivity index (χ1n) is 5.14. The van der Waals surface area contributed by atoms with Crippen molar-refractivity contribution in [3.63, 3.8) is 0 Å². The highest BCUT2D eigenvalue weighted by molar-refractivity contribution is 9.10. The summed E-state index contributed by atoms with van der Waals surface area (Å²) in [6.45, 7) is 0. The summed E-state index contributed by atoms with van der Waals surface area (Å²) in [7, 11) is -3.54. The molecule has 0 saturated heterocycles. The van der Waals surface area contributed by atoms with Gasteiger partial charge in [0.1, 0.15) is 0 Å². The van der Waals surface area contributed by atoms with E-state index in [1.54, 1.807) is 6.07 Å². The molecule has 0 amide bonds. The molecule has 4 N–H and O–H groups in total. The Morgan fingerprint density at radius 2 is 2.06 bits per heavy atom. The number of aliphatic hydroxyl groups is 1. The van der Waals surface area contributed by atoms with Crippen LogP contribution in [0.4, 0.5) is 5.69 Å². The molecule has 1 fully saturated rings. The Bertz CT molecular complexity index is 526. The maximum atomic E-state index is 11.9. The van der Waals surface area contributed by atoms with Crippen LogP contribution < -0.4 is 10.5 Å². The summed E-state index contributed by atoms with van der Waals surface area (Å²) >= 11 is 3.21. The van der Waals surface area contributed by atoms with E-state index in [9.17, 15) is 8.42 Å². The molecule has 0 radical (unpaired) electrons. The summed E-state index contributed by atoms with van der Waals surface area (Å²) in [6, 6.07) is 4.30. The molecule has 1 saturated carbocycles. The first-order valence-corrected chi connectivity index (χ1v) is 7.41. The third-order valence-corrected chi connectivity index (χ3v) is 4.95. The second kappa shape index (κ2) is 4.56. The van der Waals surface area contributed by atoms with Gasteiger partial charge in [-0.05, 0) is 47.0 Å². The van der Waals surface area contributed by atoms with Crippen LogP contribution in [0.2, 0.25) is 0 Å². The van der Waals surface area contributed by atoms with Crippen molar-refractivity contribution in [2.24, 2.45) is 0 Å². The van der Waals surface area contributed by atoms with Gasteiger partial charge in [-0.3, -0.25) is 0 Å². The molecule has 0 spiro atoms. The highest BCUT2D eigenvalue weighted by Gasteiger charge is 2.31. The van der Waals surface area contributed by atoms with Crippen molar-refractivity contribution < 1.29 is 13.5 Å². The minimum atomic E-state index is -3.54. The summed E-state index contributed by atoms with van der Waals surface area (Å²) in [4.78, 5) is 0.139. The number of hydrogen-bond acceptors (Lipinski definition) is 4. The van der Waals surface area contributed by atoms with Crippen molar-refractivity contribution in [1.82, 2.24) is 4.72 Å². The summed E-state index contributed by atoms with van der Waals surface area (Å²) in [5.41, 5.74) is 6.01. The smallest absolute Gasteiger partial charge is 0.240 e. The second-order valence-corrected chi connectivity index (χ2v) is 6.70. The Labute approximate surface area is 108 Å². The normalized spacial score (nSPS) is 24.4. The topological polar surface area (TPSA) is 92.4 Å². The zero-order valence-corrected chi connectivity index (χ0v) is 11.3. The van der Waals surface area contributed by atoms with E-state index in [0.717, 1.165) is 0 Å². The highest BCUT2D eigenvalue weighted by Crippen LogP contribution is 2.25. The number of hydrogen-bond donors (Lipinski definition) is 3. The van der Waals surface area contributed by atoms with Gasteiger partial charge < -0.3 is 10.8 Å². The minimum absolute atomic E-state index is 0.139. The zero-order valence-electron chi connectivity index (χ0n) is 8.93. The molecule has 0 unspecified atom stereocenters. The molecule has 0 bridgehead atoms. The predicted octanol–water partition coefficient (Wildman–Crippen LogP) is 0.833. The quantitative estimate of drug-likeness (QED) is 0.719. The van der Waals surface area contributed by atoms with E-state index in [1.807, 2.05) is 0 Å². The lowest BCUT2D eigenvalue weighted by atomic mass is 9.91. The molecule has 0 heterocycles. The van der Waals surface area contributed by atoms with Gasteiger partial charge in [0.15, 0.2) is 0 Å². The van der Waals surface area contributed by atoms with E-state index >= 15 is 0 Å². The van der Waals surface area contributed by atoms with Crippen LogP contribution in [0.15, 0.2) is 27.6 Å². The standard InChI is InChI=1S/C10H13BrN2O3S/c11-9-2-1-8(5-10(9)12)17(15,16)13-6-3-7(14)4-6/h1-2,5-7,13-14H,3-4,12H2. The number of anilines is 1. The molecule has 2 rings (SSSR count). The SMILES string of the molecule is Nc1cc(S(=O)(=O)NC2CC(O)C2)ccc1Br. The van der Waals surface area contributed by atoms with Gasteiger partial charge in [-0.25, -0.2) is 13.1 Å². The third-order valence-electron chi connectivity index (χ3n) is 2.71. The number of halogens is 1. The Morgan fingerprint density at radius 3 is 2.59 bits per heavy atom. The Morgan fingerprint density at radius 1 is 1.41 bits per heavy atom. The van der Waals surface area contributed by atoms with Crippen LogP contribution in [-0.4, -0.2) is 25.7 Å². The first kappa shape index (κ1) is 12.8. The first-order chi connectivity index (χ1) is 7.88. The van der Waals surface area contributed by atoms with Gasteiger partial charge in [-0.1, -0.05) is 0 Å². The molecular formula is C10H13BrN2O3S. The third kappa shape index (κ3) is 2.79. The maximum absolute atomic E-state index is 11.9. The van der Waals surface area contributed by atoms with Gasteiger partial charge in [-0.15, -0.1) is 0 Å². The van der Waals surface area contributed by atoms with Gasteiger partial charge in [0.25, 0.3) is 0 Å². The average Bonchev–Trinajstić information content (AvgIpc) is 2.19. The lowest BCUT2D eigenvalue weighted by molar-refractivity contribution is 0.0712. The highest BCUT2D eigenvalue weighted by atomic mass is 79.9. The van der Waals surface area contributed by atoms with E-state index in [1.165, 1.54) is 12.1 Å². The summed E-state index contributed by atoms with van der Waals surface area (Å²) in [5, 5.41) is 9.11. The fourth-order valence-corrected chi connectivity index (χ4v) is 3.20. The van der Waals surface area contributed by atoms with Gasteiger partial charge in [0.2, 0.25) is 10.0 Å². The molecule has 17 heavy (non-hydrogen) atoms. The summed E-state index contributed by atoms with van der Waals surface area (Å²) < 4.78 is 27.1. The van der Waals surface area contributed by atoms with Crippen LogP contribution in [0.5, 0.6) is 0 Å². The molecule has 94 valence electrons. The molecular weight excluding hydrogens is 308 g/mol. The zero-order chi connectivity index (χ0) is 12.6. The molecule has 1 aromatic carbocycles. The molecule has 0 aliphatic heterocycles. The van der Waals surface area contributed by atoms with Crippen molar-refractivity contribution in [3.05, 3.63) is 22.7 Å². The number of aliphatic hydroxyl groups excluding tert-OH is 1. The van der Waals surface area contributed by atoms with Crippen molar-refractivity contribution in [3.8, 4) is 0 Å². The van der Waals surface area contributed by atoms with E-state index in [0.29, 0.717) is 23.0 Å². The molecule has 7 heteroatoms. The van der Waals surface area contributed by atoms with Gasteiger partial charge in [-0.2, -0.15) is 0 Å². The number of nitrogens with one attached hydrogen (secondary N) is 1. The van der Waals surface area contributed by atoms with E-state index in [2.05, 4.69) is 20.7 Å². The average molecular weight is 321 g/mol. The molecule has 1 aliphatic carbocycles. The van der Waals surface area contributed by atoms with Gasteiger partial charge >= 0.3 is 0 Å². The Balaban J connectivity index is 2.17.